The monoisotopic (exact) mass is 528 g/mol. The van der Waals surface area contributed by atoms with Gasteiger partial charge in [0.15, 0.2) is 0 Å². The molecule has 10 atom stereocenters. The summed E-state index contributed by atoms with van der Waals surface area (Å²) in [7, 11) is 0. The van der Waals surface area contributed by atoms with E-state index in [1.165, 1.54) is 12.5 Å². The molecule has 0 heterocycles. The second-order valence-electron chi connectivity index (χ2n) is 15.3. The van der Waals surface area contributed by atoms with Gasteiger partial charge in [0, 0.05) is 6.92 Å². The normalized spacial score (nSPS) is 51.8. The van der Waals surface area contributed by atoms with E-state index in [0.717, 1.165) is 51.4 Å². The van der Waals surface area contributed by atoms with Crippen molar-refractivity contribution in [2.45, 2.75) is 119 Å². The Bertz CT molecular complexity index is 1100. The van der Waals surface area contributed by atoms with E-state index in [2.05, 4.69) is 33.8 Å². The molecule has 0 aromatic rings. The van der Waals surface area contributed by atoms with Gasteiger partial charge in [-0.15, -0.1) is 0 Å². The minimum atomic E-state index is -1.11. The molecule has 6 nitrogen and oxygen atoms in total. The minimum Gasteiger partial charge on any atom is -0.481 e. The van der Waals surface area contributed by atoms with Crippen LogP contribution in [0.2, 0.25) is 0 Å². The first kappa shape index (κ1) is 27.7. The average Bonchev–Trinajstić information content (AvgIpc) is 2.82. The number of allylic oxidation sites excluding steroid dienone is 2. The fourth-order valence-electron chi connectivity index (χ4n) is 10.9. The number of carbonyl (C=O) groups is 3. The van der Waals surface area contributed by atoms with Crippen LogP contribution in [0.15, 0.2) is 11.6 Å². The molecule has 0 bridgehead atoms. The summed E-state index contributed by atoms with van der Waals surface area (Å²) in [5, 5.41) is 20.6. The number of ether oxygens (including phenoxy) is 1. The topological polar surface area (TPSA) is 101 Å². The van der Waals surface area contributed by atoms with Gasteiger partial charge >= 0.3 is 17.9 Å². The third-order valence-electron chi connectivity index (χ3n) is 13.7. The Morgan fingerprint density at radius 1 is 0.842 bits per heavy atom. The van der Waals surface area contributed by atoms with Gasteiger partial charge in [-0.3, -0.25) is 14.4 Å². The molecule has 0 amide bonds. The molecule has 0 aromatic carbocycles. The first-order valence-corrected chi connectivity index (χ1v) is 14.8. The van der Waals surface area contributed by atoms with Crippen molar-refractivity contribution in [2.75, 3.05) is 0 Å². The third-order valence-corrected chi connectivity index (χ3v) is 13.7. The molecule has 0 unspecified atom stereocenters. The summed E-state index contributed by atoms with van der Waals surface area (Å²) in [6.45, 7) is 14.8. The van der Waals surface area contributed by atoms with Gasteiger partial charge < -0.3 is 14.9 Å². The van der Waals surface area contributed by atoms with E-state index in [-0.39, 0.29) is 33.5 Å². The van der Waals surface area contributed by atoms with Crippen LogP contribution in [0.4, 0.5) is 0 Å². The fourth-order valence-corrected chi connectivity index (χ4v) is 10.9. The SMILES string of the molecule is CC(=O)O[C@@H]1CC[C@@]2(C)[C@@H](CC[C@]3(C)[C@@H]2CC=C2[C@@H]4C[C@](C)(C(=O)O)CC[C@]4(C)CC[C@]23C)[C@]1(C)C(=O)O. The van der Waals surface area contributed by atoms with Crippen molar-refractivity contribution in [2.24, 2.45) is 50.2 Å². The van der Waals surface area contributed by atoms with Crippen molar-refractivity contribution >= 4 is 17.9 Å². The summed E-state index contributed by atoms with van der Waals surface area (Å²) < 4.78 is 5.66. The molecule has 0 aromatic heterocycles. The molecule has 4 fully saturated rings. The van der Waals surface area contributed by atoms with E-state index in [9.17, 15) is 24.6 Å². The Labute approximate surface area is 228 Å². The molecule has 0 radical (unpaired) electrons. The molecule has 38 heavy (non-hydrogen) atoms. The predicted octanol–water partition coefficient (Wildman–Crippen LogP) is 6.87. The molecule has 0 aliphatic heterocycles. The number of rotatable bonds is 3. The molecule has 0 spiro atoms. The molecule has 5 aliphatic carbocycles. The van der Waals surface area contributed by atoms with E-state index in [1.54, 1.807) is 0 Å². The number of hydrogen-bond donors (Lipinski definition) is 2. The van der Waals surface area contributed by atoms with Crippen molar-refractivity contribution in [1.29, 1.82) is 0 Å². The van der Waals surface area contributed by atoms with Crippen LogP contribution < -0.4 is 0 Å². The van der Waals surface area contributed by atoms with Crippen LogP contribution in [0.3, 0.4) is 0 Å². The number of carboxylic acid groups (broad SMARTS) is 2. The molecule has 2 N–H and O–H groups in total. The van der Waals surface area contributed by atoms with Crippen molar-refractivity contribution in [1.82, 2.24) is 0 Å². The molecular weight excluding hydrogens is 480 g/mol. The molecule has 4 saturated carbocycles. The van der Waals surface area contributed by atoms with Crippen molar-refractivity contribution in [3.05, 3.63) is 11.6 Å². The highest BCUT2D eigenvalue weighted by molar-refractivity contribution is 5.77. The van der Waals surface area contributed by atoms with Gasteiger partial charge in [-0.05, 0) is 117 Å². The van der Waals surface area contributed by atoms with E-state index >= 15 is 0 Å². The largest absolute Gasteiger partial charge is 0.481 e. The molecule has 0 saturated heterocycles. The van der Waals surface area contributed by atoms with E-state index in [0.29, 0.717) is 18.8 Å². The molecule has 6 heteroatoms. The van der Waals surface area contributed by atoms with Gasteiger partial charge in [-0.1, -0.05) is 39.3 Å². The molecule has 212 valence electrons. The zero-order chi connectivity index (χ0) is 28.1. The first-order valence-electron chi connectivity index (χ1n) is 14.8. The number of esters is 1. The summed E-state index contributed by atoms with van der Waals surface area (Å²) in [5.41, 5.74) is -0.342. The Balaban J connectivity index is 1.56. The number of hydrogen-bond acceptors (Lipinski definition) is 4. The maximum Gasteiger partial charge on any atom is 0.313 e. The zero-order valence-corrected chi connectivity index (χ0v) is 24.5. The van der Waals surface area contributed by atoms with Crippen LogP contribution in [-0.2, 0) is 19.1 Å². The van der Waals surface area contributed by atoms with Crippen LogP contribution >= 0.6 is 0 Å². The van der Waals surface area contributed by atoms with Crippen molar-refractivity contribution in [3.63, 3.8) is 0 Å². The lowest BCUT2D eigenvalue weighted by atomic mass is 9.33. The maximum atomic E-state index is 12.9. The maximum absolute atomic E-state index is 12.9. The van der Waals surface area contributed by atoms with Gasteiger partial charge in [-0.2, -0.15) is 0 Å². The van der Waals surface area contributed by atoms with Crippen LogP contribution in [0.1, 0.15) is 113 Å². The van der Waals surface area contributed by atoms with Crippen LogP contribution in [0, 0.1) is 50.2 Å². The summed E-state index contributed by atoms with van der Waals surface area (Å²) in [4.78, 5) is 37.1. The minimum absolute atomic E-state index is 0.00835. The number of carboxylic acids is 2. The van der Waals surface area contributed by atoms with Gasteiger partial charge in [0.25, 0.3) is 0 Å². The van der Waals surface area contributed by atoms with E-state index in [1.807, 2.05) is 13.8 Å². The molecule has 5 rings (SSSR count). The number of fused-ring (bicyclic) bond motifs is 7. The highest BCUT2D eigenvalue weighted by Gasteiger charge is 2.70. The Morgan fingerprint density at radius 2 is 1.50 bits per heavy atom. The van der Waals surface area contributed by atoms with Crippen molar-refractivity contribution in [3.8, 4) is 0 Å². The lowest BCUT2D eigenvalue weighted by molar-refractivity contribution is -0.222. The summed E-state index contributed by atoms with van der Waals surface area (Å²) in [6.07, 6.45) is 10.6. The zero-order valence-electron chi connectivity index (χ0n) is 24.5. The highest BCUT2D eigenvalue weighted by Crippen LogP contribution is 2.75. The van der Waals surface area contributed by atoms with E-state index in [4.69, 9.17) is 4.74 Å². The third kappa shape index (κ3) is 3.39. The quantitative estimate of drug-likeness (QED) is 0.306. The first-order chi connectivity index (χ1) is 17.5. The lowest BCUT2D eigenvalue weighted by Crippen LogP contribution is -2.66. The Kier molecular flexibility index (Phi) is 6.07. The number of aliphatic carboxylic acids is 2. The summed E-state index contributed by atoms with van der Waals surface area (Å²) in [6, 6.07) is 0. The highest BCUT2D eigenvalue weighted by atomic mass is 16.5. The van der Waals surface area contributed by atoms with Gasteiger partial charge in [-0.25, -0.2) is 0 Å². The van der Waals surface area contributed by atoms with E-state index < -0.39 is 34.8 Å². The summed E-state index contributed by atoms with van der Waals surface area (Å²) >= 11 is 0. The second-order valence-corrected chi connectivity index (χ2v) is 15.3. The average molecular weight is 529 g/mol. The Hall–Kier alpha value is -1.85. The predicted molar refractivity (Wildman–Crippen MR) is 144 cm³/mol. The van der Waals surface area contributed by atoms with Crippen LogP contribution in [0.5, 0.6) is 0 Å². The van der Waals surface area contributed by atoms with Crippen molar-refractivity contribution < 1.29 is 29.3 Å². The standard InChI is InChI=1S/C32H48O6/c1-19(33)38-24-11-12-29(4)22-9-8-20-21-18-28(3,25(34)35)15-14-27(21,2)16-17-30(20,5)31(22,6)13-10-23(29)32(24,7)26(36)37/h8,21-24H,9-18H2,1-7H3,(H,34,35)(H,36,37)/t21-,22+,23+,24+,27+,28+,29+,30+,31+,32-/m0/s1. The number of carbonyl (C=O) groups excluding carboxylic acids is 1. The molecule has 5 aliphatic rings. The van der Waals surface area contributed by atoms with Gasteiger partial charge in [0.05, 0.1) is 5.41 Å². The van der Waals surface area contributed by atoms with Crippen LogP contribution in [-0.4, -0.2) is 34.2 Å². The van der Waals surface area contributed by atoms with Gasteiger partial charge in [0.2, 0.25) is 0 Å². The smallest absolute Gasteiger partial charge is 0.313 e. The Morgan fingerprint density at radius 3 is 2.11 bits per heavy atom. The lowest BCUT2D eigenvalue weighted by Gasteiger charge is -2.71. The molecular formula is C32H48O6. The second kappa shape index (κ2) is 8.33. The van der Waals surface area contributed by atoms with Crippen LogP contribution in [0.25, 0.3) is 0 Å². The van der Waals surface area contributed by atoms with Gasteiger partial charge in [0.1, 0.15) is 11.5 Å². The summed E-state index contributed by atoms with van der Waals surface area (Å²) in [5.74, 6) is -1.39. The fraction of sp³-hybridized carbons (Fsp3) is 0.844.